The topological polar surface area (TPSA) is 74.9 Å². The van der Waals surface area contributed by atoms with E-state index in [1.54, 1.807) is 17.4 Å². The molecule has 1 atom stereocenters. The van der Waals surface area contributed by atoms with Gasteiger partial charge in [-0.25, -0.2) is 9.78 Å². The standard InChI is InChI=1S/C18H13N3O2S3/c1-10(20-21-18-19-11-4-2-3-5-13(11)26-18)12-6-7-14(24-12)15-8-9-16(25-15)17(22)23/h2-10H,1H3,(H,22,23). The lowest BCUT2D eigenvalue weighted by Crippen LogP contribution is -1.89. The molecule has 0 bridgehead atoms. The van der Waals surface area contributed by atoms with E-state index < -0.39 is 5.97 Å². The van der Waals surface area contributed by atoms with E-state index in [1.807, 2.05) is 49.4 Å². The molecule has 0 amide bonds. The van der Waals surface area contributed by atoms with Crippen molar-refractivity contribution in [1.29, 1.82) is 0 Å². The fourth-order valence-corrected chi connectivity index (χ4v) is 5.11. The van der Waals surface area contributed by atoms with E-state index in [9.17, 15) is 4.79 Å². The van der Waals surface area contributed by atoms with E-state index in [4.69, 9.17) is 5.11 Å². The predicted octanol–water partition coefficient (Wildman–Crippen LogP) is 6.63. The zero-order chi connectivity index (χ0) is 18.1. The molecule has 3 heterocycles. The van der Waals surface area contributed by atoms with Gasteiger partial charge in [-0.05, 0) is 43.3 Å². The summed E-state index contributed by atoms with van der Waals surface area (Å²) in [5.41, 5.74) is 0.935. The highest BCUT2D eigenvalue weighted by Gasteiger charge is 2.13. The Bertz CT molecular complexity index is 1080. The third kappa shape index (κ3) is 3.44. The number of para-hydroxylation sites is 1. The van der Waals surface area contributed by atoms with Crippen LogP contribution in [0.15, 0.2) is 58.8 Å². The molecule has 26 heavy (non-hydrogen) atoms. The Balaban J connectivity index is 1.52. The van der Waals surface area contributed by atoms with E-state index in [0.717, 1.165) is 24.8 Å². The number of benzene rings is 1. The highest BCUT2D eigenvalue weighted by atomic mass is 32.1. The molecule has 0 spiro atoms. The van der Waals surface area contributed by atoms with Gasteiger partial charge in [0.15, 0.2) is 0 Å². The normalized spacial score (nSPS) is 12.8. The minimum absolute atomic E-state index is 0.0836. The quantitative estimate of drug-likeness (QED) is 0.383. The van der Waals surface area contributed by atoms with Gasteiger partial charge >= 0.3 is 5.97 Å². The van der Waals surface area contributed by atoms with E-state index in [0.29, 0.717) is 10.0 Å². The van der Waals surface area contributed by atoms with Crippen molar-refractivity contribution in [1.82, 2.24) is 4.98 Å². The van der Waals surface area contributed by atoms with Gasteiger partial charge in [-0.3, -0.25) is 0 Å². The van der Waals surface area contributed by atoms with Crippen molar-refractivity contribution in [3.63, 3.8) is 0 Å². The van der Waals surface area contributed by atoms with E-state index in [-0.39, 0.29) is 6.04 Å². The number of rotatable bonds is 5. The molecule has 4 rings (SSSR count). The van der Waals surface area contributed by atoms with Crippen LogP contribution in [0.1, 0.15) is 27.5 Å². The summed E-state index contributed by atoms with van der Waals surface area (Å²) in [6.07, 6.45) is 0. The van der Waals surface area contributed by atoms with Gasteiger partial charge in [-0.1, -0.05) is 23.5 Å². The molecular formula is C18H13N3O2S3. The minimum Gasteiger partial charge on any atom is -0.477 e. The van der Waals surface area contributed by atoms with Gasteiger partial charge in [0, 0.05) is 14.6 Å². The first-order valence-corrected chi connectivity index (χ1v) is 10.2. The summed E-state index contributed by atoms with van der Waals surface area (Å²) in [5, 5.41) is 18.4. The minimum atomic E-state index is -0.893. The molecule has 1 unspecified atom stereocenters. The Kier molecular flexibility index (Phi) is 4.62. The maximum absolute atomic E-state index is 11.0. The first-order valence-electron chi connectivity index (χ1n) is 7.80. The van der Waals surface area contributed by atoms with Gasteiger partial charge in [0.05, 0.1) is 10.2 Å². The SMILES string of the molecule is CC(N=Nc1nc2ccccc2s1)c1ccc(-c2ccc(C(=O)O)s2)s1. The first kappa shape index (κ1) is 17.0. The van der Waals surface area contributed by atoms with Crippen LogP contribution in [0.5, 0.6) is 0 Å². The molecule has 0 radical (unpaired) electrons. The van der Waals surface area contributed by atoms with Crippen LogP contribution in [-0.4, -0.2) is 16.1 Å². The van der Waals surface area contributed by atoms with Gasteiger partial charge < -0.3 is 5.11 Å². The Hall–Kier alpha value is -2.42. The fraction of sp³-hybridized carbons (Fsp3) is 0.111. The van der Waals surface area contributed by atoms with E-state index in [1.165, 1.54) is 22.7 Å². The number of carboxylic acid groups (broad SMARTS) is 1. The maximum atomic E-state index is 11.0. The lowest BCUT2D eigenvalue weighted by atomic mass is 10.3. The molecule has 0 fully saturated rings. The molecule has 8 heteroatoms. The van der Waals surface area contributed by atoms with Gasteiger partial charge in [0.1, 0.15) is 10.9 Å². The second kappa shape index (κ2) is 7.06. The van der Waals surface area contributed by atoms with Crippen molar-refractivity contribution >= 4 is 55.3 Å². The highest BCUT2D eigenvalue weighted by molar-refractivity contribution is 7.23. The number of thiophene rings is 2. The summed E-state index contributed by atoms with van der Waals surface area (Å²) in [7, 11) is 0. The molecule has 0 aliphatic heterocycles. The lowest BCUT2D eigenvalue weighted by Gasteiger charge is -1.99. The Morgan fingerprint density at radius 1 is 1.04 bits per heavy atom. The van der Waals surface area contributed by atoms with Crippen molar-refractivity contribution in [2.24, 2.45) is 10.2 Å². The lowest BCUT2D eigenvalue weighted by molar-refractivity contribution is 0.0702. The highest BCUT2D eigenvalue weighted by Crippen LogP contribution is 2.37. The Morgan fingerprint density at radius 3 is 2.58 bits per heavy atom. The van der Waals surface area contributed by atoms with Crippen LogP contribution < -0.4 is 0 Å². The molecule has 1 N–H and O–H groups in total. The molecular weight excluding hydrogens is 386 g/mol. The van der Waals surface area contributed by atoms with Crippen LogP contribution in [0.3, 0.4) is 0 Å². The molecule has 3 aromatic heterocycles. The Labute approximate surface area is 161 Å². The second-order valence-corrected chi connectivity index (χ2v) is 8.73. The summed E-state index contributed by atoms with van der Waals surface area (Å²) < 4.78 is 1.10. The Morgan fingerprint density at radius 2 is 1.81 bits per heavy atom. The number of azo groups is 1. The number of aromatic nitrogens is 1. The molecule has 0 aliphatic carbocycles. The third-order valence-corrected chi connectivity index (χ3v) is 7.14. The third-order valence-electron chi connectivity index (χ3n) is 3.70. The summed E-state index contributed by atoms with van der Waals surface area (Å²) in [5.74, 6) is -0.893. The average Bonchev–Trinajstić information content (AvgIpc) is 3.37. The van der Waals surface area contributed by atoms with Gasteiger partial charge in [0.25, 0.3) is 0 Å². The molecule has 0 aliphatic rings. The zero-order valence-corrected chi connectivity index (χ0v) is 16.1. The largest absolute Gasteiger partial charge is 0.477 e. The number of hydrogen-bond acceptors (Lipinski definition) is 7. The number of carboxylic acids is 1. The van der Waals surface area contributed by atoms with E-state index in [2.05, 4.69) is 15.2 Å². The fourth-order valence-electron chi connectivity index (χ4n) is 2.39. The number of nitrogens with zero attached hydrogens (tertiary/aromatic N) is 3. The molecule has 4 aromatic rings. The van der Waals surface area contributed by atoms with Crippen molar-refractivity contribution in [2.45, 2.75) is 13.0 Å². The van der Waals surface area contributed by atoms with Crippen LogP contribution in [0, 0.1) is 0 Å². The van der Waals surface area contributed by atoms with E-state index >= 15 is 0 Å². The monoisotopic (exact) mass is 399 g/mol. The van der Waals surface area contributed by atoms with Crippen molar-refractivity contribution < 1.29 is 9.90 Å². The zero-order valence-electron chi connectivity index (χ0n) is 13.6. The van der Waals surface area contributed by atoms with Crippen LogP contribution in [0.25, 0.3) is 20.0 Å². The van der Waals surface area contributed by atoms with Gasteiger partial charge in [-0.2, -0.15) is 5.11 Å². The predicted molar refractivity (Wildman–Crippen MR) is 107 cm³/mol. The van der Waals surface area contributed by atoms with Crippen LogP contribution in [0.2, 0.25) is 0 Å². The van der Waals surface area contributed by atoms with Crippen LogP contribution in [0.4, 0.5) is 5.13 Å². The van der Waals surface area contributed by atoms with Gasteiger partial charge in [-0.15, -0.1) is 27.8 Å². The molecule has 0 saturated heterocycles. The molecule has 0 saturated carbocycles. The van der Waals surface area contributed by atoms with Crippen LogP contribution in [-0.2, 0) is 0 Å². The summed E-state index contributed by atoms with van der Waals surface area (Å²) in [6, 6.07) is 15.3. The number of carbonyl (C=O) groups is 1. The van der Waals surface area contributed by atoms with Crippen molar-refractivity contribution in [3.05, 3.63) is 58.3 Å². The summed E-state index contributed by atoms with van der Waals surface area (Å²) in [4.78, 5) is 18.9. The number of aromatic carboxylic acids is 1. The van der Waals surface area contributed by atoms with Gasteiger partial charge in [0.2, 0.25) is 5.13 Å². The average molecular weight is 400 g/mol. The summed E-state index contributed by atoms with van der Waals surface area (Å²) >= 11 is 4.41. The molecule has 5 nitrogen and oxygen atoms in total. The smallest absolute Gasteiger partial charge is 0.345 e. The van der Waals surface area contributed by atoms with Crippen LogP contribution >= 0.6 is 34.0 Å². The molecule has 130 valence electrons. The van der Waals surface area contributed by atoms with Crippen molar-refractivity contribution in [2.75, 3.05) is 0 Å². The number of fused-ring (bicyclic) bond motifs is 1. The summed E-state index contributed by atoms with van der Waals surface area (Å²) in [6.45, 7) is 1.99. The second-order valence-electron chi connectivity index (χ2n) is 5.53. The first-order chi connectivity index (χ1) is 12.6. The maximum Gasteiger partial charge on any atom is 0.345 e. The number of thiazole rings is 1. The number of hydrogen-bond donors (Lipinski definition) is 1. The van der Waals surface area contributed by atoms with Crippen molar-refractivity contribution in [3.8, 4) is 9.75 Å². The molecule has 1 aromatic carbocycles.